The van der Waals surface area contributed by atoms with Crippen molar-refractivity contribution >= 4 is 40.8 Å². The molecule has 43 heavy (non-hydrogen) atoms. The van der Waals surface area contributed by atoms with Crippen LogP contribution in [0.15, 0.2) is 60.7 Å². The van der Waals surface area contributed by atoms with Crippen LogP contribution in [0, 0.1) is 28.4 Å². The molecular weight excluding hydrogens is 599 g/mol. The molecule has 2 N–H and O–H groups in total. The first-order chi connectivity index (χ1) is 20.3. The van der Waals surface area contributed by atoms with Crippen LogP contribution in [0.3, 0.4) is 0 Å². The van der Waals surface area contributed by atoms with Crippen molar-refractivity contribution < 1.29 is 28.6 Å². The average Bonchev–Trinajstić information content (AvgIpc) is 3.38. The summed E-state index contributed by atoms with van der Waals surface area (Å²) in [6.45, 7) is 5.23. The van der Waals surface area contributed by atoms with Crippen molar-refractivity contribution in [2.45, 2.75) is 56.8 Å². The summed E-state index contributed by atoms with van der Waals surface area (Å²) in [5, 5.41) is 31.1. The number of aromatic carboxylic acids is 1. The fourth-order valence-corrected chi connectivity index (χ4v) is 7.12. The molecule has 0 bridgehead atoms. The third kappa shape index (κ3) is 4.96. The van der Waals surface area contributed by atoms with Crippen LogP contribution in [0.2, 0.25) is 10.0 Å². The Labute approximate surface area is 257 Å². The van der Waals surface area contributed by atoms with Crippen LogP contribution in [0.5, 0.6) is 0 Å². The van der Waals surface area contributed by atoms with Crippen molar-refractivity contribution in [2.24, 2.45) is 5.41 Å². The first-order valence-electron chi connectivity index (χ1n) is 13.6. The molecule has 2 aliphatic heterocycles. The number of aliphatic hydroxyl groups excluding tert-OH is 1. The highest BCUT2D eigenvalue weighted by atomic mass is 35.5. The maximum atomic E-state index is 16.0. The molecule has 0 spiro atoms. The lowest BCUT2D eigenvalue weighted by Gasteiger charge is -2.42. The summed E-state index contributed by atoms with van der Waals surface area (Å²) < 4.78 is 31.9. The Kier molecular flexibility index (Phi) is 8.03. The lowest BCUT2D eigenvalue weighted by atomic mass is 9.62. The predicted octanol–water partition coefficient (Wildman–Crippen LogP) is 6.37. The molecule has 224 valence electrons. The highest BCUT2D eigenvalue weighted by molar-refractivity contribution is 6.31. The van der Waals surface area contributed by atoms with Crippen molar-refractivity contribution in [2.75, 3.05) is 11.5 Å². The molecule has 2 fully saturated rings. The molecule has 7 nitrogen and oxygen atoms in total. The second kappa shape index (κ2) is 11.2. The molecule has 3 aromatic rings. The molecule has 0 aliphatic carbocycles. The molecule has 5 atom stereocenters. The number of aliphatic hydroxyl groups is 1. The van der Waals surface area contributed by atoms with Crippen molar-refractivity contribution in [1.29, 1.82) is 5.26 Å². The summed E-state index contributed by atoms with van der Waals surface area (Å²) in [4.78, 5) is 29.0. The van der Waals surface area contributed by atoms with E-state index >= 15 is 8.78 Å². The molecule has 2 saturated heterocycles. The number of fused-ring (bicyclic) bond motifs is 1. The Morgan fingerprint density at radius 3 is 2.33 bits per heavy atom. The summed E-state index contributed by atoms with van der Waals surface area (Å²) in [6, 6.07) is 14.0. The van der Waals surface area contributed by atoms with Crippen LogP contribution in [-0.4, -0.2) is 51.8 Å². The number of carbonyl (C=O) groups excluding carboxylic acids is 1. The van der Waals surface area contributed by atoms with Gasteiger partial charge < -0.3 is 10.2 Å². The number of halogens is 4. The molecule has 0 radical (unpaired) electrons. The molecule has 3 aromatic carbocycles. The van der Waals surface area contributed by atoms with E-state index in [1.54, 1.807) is 4.90 Å². The van der Waals surface area contributed by atoms with Gasteiger partial charge in [-0.05, 0) is 59.9 Å². The van der Waals surface area contributed by atoms with Gasteiger partial charge in [-0.15, -0.1) is 0 Å². The monoisotopic (exact) mass is 627 g/mol. The quantitative estimate of drug-likeness (QED) is 0.329. The molecule has 0 saturated carbocycles. The minimum Gasteiger partial charge on any atom is -0.478 e. The lowest BCUT2D eigenvalue weighted by Crippen LogP contribution is -2.53. The van der Waals surface area contributed by atoms with Gasteiger partial charge in [0.1, 0.15) is 29.3 Å². The molecule has 2 heterocycles. The fourth-order valence-electron chi connectivity index (χ4n) is 6.78. The number of carboxylic acids is 1. The molecule has 2 aliphatic rings. The number of nitriles is 1. The Balaban J connectivity index is 1.83. The zero-order valence-corrected chi connectivity index (χ0v) is 25.1. The highest BCUT2D eigenvalue weighted by Crippen LogP contribution is 2.59. The van der Waals surface area contributed by atoms with Crippen LogP contribution >= 0.6 is 23.2 Å². The zero-order chi connectivity index (χ0) is 31.4. The molecule has 1 amide bonds. The Morgan fingerprint density at radius 1 is 1.09 bits per heavy atom. The summed E-state index contributed by atoms with van der Waals surface area (Å²) >= 11 is 12.3. The molecule has 5 unspecified atom stereocenters. The molecule has 0 aromatic heterocycles. The Hall–Kier alpha value is -3.55. The largest absolute Gasteiger partial charge is 0.478 e. The maximum Gasteiger partial charge on any atom is 0.335 e. The average molecular weight is 629 g/mol. The highest BCUT2D eigenvalue weighted by Gasteiger charge is 2.70. The van der Waals surface area contributed by atoms with E-state index in [-0.39, 0.29) is 33.2 Å². The van der Waals surface area contributed by atoms with E-state index in [0.717, 1.165) is 6.07 Å². The number of hydrogen-bond donors (Lipinski definition) is 2. The number of carbonyl (C=O) groups is 2. The molecular formula is C32H29Cl2F2N3O4. The van der Waals surface area contributed by atoms with Crippen molar-refractivity contribution in [3.8, 4) is 6.07 Å². The van der Waals surface area contributed by atoms with E-state index < -0.39 is 65.1 Å². The van der Waals surface area contributed by atoms with Crippen LogP contribution in [0.1, 0.15) is 54.6 Å². The third-order valence-electron chi connectivity index (χ3n) is 8.39. The van der Waals surface area contributed by atoms with Crippen molar-refractivity contribution in [1.82, 2.24) is 4.90 Å². The van der Waals surface area contributed by atoms with Crippen LogP contribution in [0.25, 0.3) is 0 Å². The fraction of sp³-hybridized carbons (Fsp3) is 0.344. The van der Waals surface area contributed by atoms with Gasteiger partial charge in [0.25, 0.3) is 0 Å². The smallest absolute Gasteiger partial charge is 0.335 e. The summed E-state index contributed by atoms with van der Waals surface area (Å²) in [7, 11) is 0. The number of benzene rings is 3. The number of carboxylic acid groups (broad SMARTS) is 1. The zero-order valence-electron chi connectivity index (χ0n) is 23.6. The standard InChI is InChI=1S/C32H29Cl2F2N3O4/c1-31(2,3)14-24-32(16-37,21-12-9-18(33)13-23(21)35)26(20-5-4-6-22(34)27(20)36)28-29(41)38(25(15-40)39(24)28)19-10-7-17(8-11-19)30(42)43/h4-13,24-26,28,40H,14-15H2,1-3H3,(H,42,43). The first kappa shape index (κ1) is 30.9. The number of nitrogens with zero attached hydrogens (tertiary/aromatic N) is 3. The van der Waals surface area contributed by atoms with Crippen molar-refractivity contribution in [3.63, 3.8) is 0 Å². The van der Waals surface area contributed by atoms with Crippen LogP contribution in [-0.2, 0) is 10.2 Å². The minimum absolute atomic E-state index is 0.00244. The van der Waals surface area contributed by atoms with Gasteiger partial charge in [0.2, 0.25) is 5.91 Å². The van der Waals surface area contributed by atoms with Gasteiger partial charge in [-0.3, -0.25) is 14.6 Å². The number of hydrogen-bond acceptors (Lipinski definition) is 5. The third-order valence-corrected chi connectivity index (χ3v) is 8.91. The van der Waals surface area contributed by atoms with Gasteiger partial charge >= 0.3 is 5.97 Å². The second-order valence-corrected chi connectivity index (χ2v) is 13.0. The van der Waals surface area contributed by atoms with E-state index in [0.29, 0.717) is 5.69 Å². The molecule has 11 heteroatoms. The van der Waals surface area contributed by atoms with Gasteiger partial charge in [-0.1, -0.05) is 62.2 Å². The van der Waals surface area contributed by atoms with Gasteiger partial charge in [-0.2, -0.15) is 5.26 Å². The Morgan fingerprint density at radius 2 is 1.77 bits per heavy atom. The molecule has 5 rings (SSSR count). The summed E-state index contributed by atoms with van der Waals surface area (Å²) in [6.07, 6.45) is -0.774. The maximum absolute atomic E-state index is 16.0. The normalized spacial score (nSPS) is 25.6. The van der Waals surface area contributed by atoms with Gasteiger partial charge in [0.15, 0.2) is 0 Å². The minimum atomic E-state index is -1.82. The van der Waals surface area contributed by atoms with Crippen molar-refractivity contribution in [3.05, 3.63) is 99.0 Å². The van der Waals surface area contributed by atoms with E-state index in [9.17, 15) is 25.1 Å². The van der Waals surface area contributed by atoms with Gasteiger partial charge in [0, 0.05) is 28.2 Å². The number of rotatable bonds is 6. The van der Waals surface area contributed by atoms with Crippen LogP contribution in [0.4, 0.5) is 14.5 Å². The van der Waals surface area contributed by atoms with E-state index in [1.165, 1.54) is 59.5 Å². The van der Waals surface area contributed by atoms with E-state index in [4.69, 9.17) is 23.2 Å². The SMILES string of the molecule is CC(C)(C)CC1N2C(C(=O)N(c3ccc(C(=O)O)cc3)C2CO)C(c2cccc(Cl)c2F)C1(C#N)c1ccc(Cl)cc1F. The van der Waals surface area contributed by atoms with E-state index in [2.05, 4.69) is 6.07 Å². The van der Waals surface area contributed by atoms with Gasteiger partial charge in [-0.25, -0.2) is 13.6 Å². The first-order valence-corrected chi connectivity index (χ1v) is 14.4. The summed E-state index contributed by atoms with van der Waals surface area (Å²) in [5.74, 6) is -4.59. The predicted molar refractivity (Wildman–Crippen MR) is 158 cm³/mol. The lowest BCUT2D eigenvalue weighted by molar-refractivity contribution is -0.119. The Bertz CT molecular complexity index is 1640. The summed E-state index contributed by atoms with van der Waals surface area (Å²) in [5.41, 5.74) is -2.06. The topological polar surface area (TPSA) is 105 Å². The number of amides is 1. The second-order valence-electron chi connectivity index (χ2n) is 12.1. The number of anilines is 1. The van der Waals surface area contributed by atoms with Crippen LogP contribution < -0.4 is 4.90 Å². The van der Waals surface area contributed by atoms with E-state index in [1.807, 2.05) is 20.8 Å². The van der Waals surface area contributed by atoms with Gasteiger partial charge in [0.05, 0.1) is 23.3 Å².